The Hall–Kier alpha value is -5.39. The molecule has 2 aliphatic rings. The molecule has 1 aliphatic heterocycles. The number of amides is 1. The number of likely N-dealkylation sites (tertiary alicyclic amines) is 1. The zero-order valence-electron chi connectivity index (χ0n) is 27.3. The van der Waals surface area contributed by atoms with Crippen LogP contribution in [0.5, 0.6) is 11.5 Å². The molecule has 0 bridgehead atoms. The highest BCUT2D eigenvalue weighted by atomic mass is 16.5. The highest BCUT2D eigenvalue weighted by Gasteiger charge is 2.67. The fourth-order valence-electron chi connectivity index (χ4n) is 7.27. The first-order valence-electron chi connectivity index (χ1n) is 16.4. The monoisotopic (exact) mass is 633 g/mol. The van der Waals surface area contributed by atoms with Gasteiger partial charge in [0.25, 0.3) is 5.91 Å². The molecule has 5 aromatic rings. The summed E-state index contributed by atoms with van der Waals surface area (Å²) in [5.74, 6) is 1.06. The third kappa shape index (κ3) is 5.50. The van der Waals surface area contributed by atoms with E-state index >= 15 is 4.79 Å². The van der Waals surface area contributed by atoms with Crippen molar-refractivity contribution >= 4 is 5.91 Å². The van der Waals surface area contributed by atoms with Crippen molar-refractivity contribution in [2.24, 2.45) is 5.41 Å². The van der Waals surface area contributed by atoms with E-state index in [2.05, 4.69) is 43.3 Å². The van der Waals surface area contributed by atoms with Gasteiger partial charge in [-0.25, -0.2) is 0 Å². The van der Waals surface area contributed by atoms with Gasteiger partial charge in [-0.05, 0) is 46.9 Å². The molecule has 7 rings (SSSR count). The Bertz CT molecular complexity index is 1880. The molecule has 0 N–H and O–H groups in total. The number of benzene rings is 5. The van der Waals surface area contributed by atoms with Gasteiger partial charge in [-0.15, -0.1) is 0 Å². The van der Waals surface area contributed by atoms with Crippen LogP contribution in [-0.2, 0) is 28.3 Å². The summed E-state index contributed by atoms with van der Waals surface area (Å²) in [4.78, 5) is 17.4. The summed E-state index contributed by atoms with van der Waals surface area (Å²) in [6.45, 7) is 2.87. The smallest absolute Gasteiger partial charge is 0.265 e. The van der Waals surface area contributed by atoms with Crippen molar-refractivity contribution in [2.75, 3.05) is 7.11 Å². The molecule has 2 unspecified atom stereocenters. The van der Waals surface area contributed by atoms with Gasteiger partial charge in [0.15, 0.2) is 5.60 Å². The van der Waals surface area contributed by atoms with Crippen LogP contribution in [0.15, 0.2) is 163 Å². The fourth-order valence-corrected chi connectivity index (χ4v) is 7.27. The first kappa shape index (κ1) is 31.2. The minimum Gasteiger partial charge on any atom is -0.489 e. The highest BCUT2D eigenvalue weighted by molar-refractivity contribution is 5.95. The average molecular weight is 634 g/mol. The zero-order chi connectivity index (χ0) is 33.0. The molecule has 0 radical (unpaired) electrons. The van der Waals surface area contributed by atoms with Crippen molar-refractivity contribution in [3.8, 4) is 11.5 Å². The third-order valence-corrected chi connectivity index (χ3v) is 9.65. The van der Waals surface area contributed by atoms with Crippen molar-refractivity contribution in [3.05, 3.63) is 191 Å². The number of rotatable bonds is 11. The molecule has 1 aliphatic carbocycles. The Morgan fingerprint density at radius 2 is 1.25 bits per heavy atom. The first-order valence-corrected chi connectivity index (χ1v) is 16.4. The molecule has 48 heavy (non-hydrogen) atoms. The van der Waals surface area contributed by atoms with Gasteiger partial charge in [0.2, 0.25) is 0 Å². The van der Waals surface area contributed by atoms with E-state index in [1.165, 1.54) is 0 Å². The van der Waals surface area contributed by atoms with E-state index < -0.39 is 11.0 Å². The minimum atomic E-state index is -1.39. The second kappa shape index (κ2) is 13.4. The van der Waals surface area contributed by atoms with Crippen molar-refractivity contribution in [1.82, 2.24) is 4.90 Å². The standard InChI is InChI=1S/C43H39NO4/c1-42-28-16-15-25-39(42)44(40(34-21-11-5-12-22-34)35-23-13-6-14-24-35)41(45)43(42,46-2)37-27-26-36(47-30-32-17-7-3-8-18-32)29-38(37)48-31-33-19-9-4-10-20-33/h3-27,29,40H,28,30-31H2,1-2H3. The molecule has 2 atom stereocenters. The maximum atomic E-state index is 15.5. The second-order valence-corrected chi connectivity index (χ2v) is 12.5. The summed E-state index contributed by atoms with van der Waals surface area (Å²) in [5.41, 5.74) is 3.57. The second-order valence-electron chi connectivity index (χ2n) is 12.5. The Kier molecular flexibility index (Phi) is 8.70. The number of carbonyl (C=O) groups is 1. The Morgan fingerprint density at radius 3 is 1.81 bits per heavy atom. The molecule has 0 aromatic heterocycles. The highest BCUT2D eigenvalue weighted by Crippen LogP contribution is 2.62. The summed E-state index contributed by atoms with van der Waals surface area (Å²) < 4.78 is 19.5. The molecular formula is C43H39NO4. The van der Waals surface area contributed by atoms with Crippen LogP contribution in [0.1, 0.15) is 47.2 Å². The lowest BCUT2D eigenvalue weighted by Gasteiger charge is -2.41. The fraction of sp³-hybridized carbons (Fsp3) is 0.186. The number of allylic oxidation sites excluding steroid dienone is 3. The summed E-state index contributed by atoms with van der Waals surface area (Å²) in [7, 11) is 1.64. The normalized spacial score (nSPS) is 20.0. The Morgan fingerprint density at radius 1 is 0.708 bits per heavy atom. The minimum absolute atomic E-state index is 0.136. The van der Waals surface area contributed by atoms with Gasteiger partial charge >= 0.3 is 0 Å². The number of hydrogen-bond acceptors (Lipinski definition) is 4. The van der Waals surface area contributed by atoms with Gasteiger partial charge in [-0.2, -0.15) is 0 Å². The molecule has 0 saturated carbocycles. The SMILES string of the molecule is COC1(c2ccc(OCc3ccccc3)cc2OCc2ccccc2)C(=O)N(C(c2ccccc2)c2ccccc2)C2=CC=CCC21C. The van der Waals surface area contributed by atoms with E-state index in [1.54, 1.807) is 7.11 Å². The molecule has 0 spiro atoms. The lowest BCUT2D eigenvalue weighted by Crippen LogP contribution is -2.48. The quantitative estimate of drug-likeness (QED) is 0.146. The topological polar surface area (TPSA) is 48.0 Å². The van der Waals surface area contributed by atoms with Crippen LogP contribution in [0.25, 0.3) is 0 Å². The van der Waals surface area contributed by atoms with Crippen LogP contribution in [0.4, 0.5) is 0 Å². The van der Waals surface area contributed by atoms with Crippen LogP contribution in [0, 0.1) is 5.41 Å². The number of hydrogen-bond donors (Lipinski definition) is 0. The van der Waals surface area contributed by atoms with Crippen molar-refractivity contribution in [3.63, 3.8) is 0 Å². The number of methoxy groups -OCH3 is 1. The van der Waals surface area contributed by atoms with Crippen molar-refractivity contribution < 1.29 is 19.0 Å². The van der Waals surface area contributed by atoms with E-state index in [0.29, 0.717) is 36.7 Å². The van der Waals surface area contributed by atoms with E-state index in [1.807, 2.05) is 126 Å². The molecule has 5 nitrogen and oxygen atoms in total. The molecule has 1 saturated heterocycles. The predicted octanol–water partition coefficient (Wildman–Crippen LogP) is 9.17. The summed E-state index contributed by atoms with van der Waals surface area (Å²) in [6, 6.07) is 45.9. The Labute approximate surface area is 282 Å². The molecule has 1 heterocycles. The number of fused-ring (bicyclic) bond motifs is 1. The predicted molar refractivity (Wildman–Crippen MR) is 188 cm³/mol. The largest absolute Gasteiger partial charge is 0.489 e. The van der Waals surface area contributed by atoms with E-state index in [4.69, 9.17) is 14.2 Å². The van der Waals surface area contributed by atoms with Crippen molar-refractivity contribution in [2.45, 2.75) is 38.2 Å². The van der Waals surface area contributed by atoms with Crippen LogP contribution in [-0.4, -0.2) is 17.9 Å². The first-order chi connectivity index (χ1) is 23.5. The molecule has 240 valence electrons. The van der Waals surface area contributed by atoms with Gasteiger partial charge < -0.3 is 19.1 Å². The molecular weight excluding hydrogens is 594 g/mol. The average Bonchev–Trinajstić information content (AvgIpc) is 3.34. The van der Waals surface area contributed by atoms with Gasteiger partial charge in [-0.3, -0.25) is 4.79 Å². The van der Waals surface area contributed by atoms with Gasteiger partial charge in [0, 0.05) is 24.4 Å². The molecule has 5 heteroatoms. The summed E-state index contributed by atoms with van der Waals surface area (Å²) in [5, 5.41) is 0. The van der Waals surface area contributed by atoms with E-state index in [9.17, 15) is 0 Å². The van der Waals surface area contributed by atoms with Gasteiger partial charge in [-0.1, -0.05) is 140 Å². The maximum Gasteiger partial charge on any atom is 0.265 e. The number of carbonyl (C=O) groups excluding carboxylic acids is 1. The number of ether oxygens (including phenoxy) is 3. The lowest BCUT2D eigenvalue weighted by molar-refractivity contribution is -0.157. The van der Waals surface area contributed by atoms with E-state index in [0.717, 1.165) is 28.0 Å². The molecule has 1 fully saturated rings. The summed E-state index contributed by atoms with van der Waals surface area (Å²) in [6.07, 6.45) is 6.85. The number of nitrogens with zero attached hydrogens (tertiary/aromatic N) is 1. The van der Waals surface area contributed by atoms with Crippen LogP contribution in [0.2, 0.25) is 0 Å². The lowest BCUT2D eigenvalue weighted by atomic mass is 9.66. The van der Waals surface area contributed by atoms with Crippen LogP contribution < -0.4 is 9.47 Å². The molecule has 1 amide bonds. The van der Waals surface area contributed by atoms with Crippen LogP contribution in [0.3, 0.4) is 0 Å². The van der Waals surface area contributed by atoms with Crippen molar-refractivity contribution in [1.29, 1.82) is 0 Å². The summed E-state index contributed by atoms with van der Waals surface area (Å²) >= 11 is 0. The Balaban J connectivity index is 1.37. The zero-order valence-corrected chi connectivity index (χ0v) is 27.3. The third-order valence-electron chi connectivity index (χ3n) is 9.65. The van der Waals surface area contributed by atoms with Gasteiger partial charge in [0.1, 0.15) is 24.7 Å². The molecule has 5 aromatic carbocycles. The maximum absolute atomic E-state index is 15.5. The van der Waals surface area contributed by atoms with Gasteiger partial charge in [0.05, 0.1) is 11.5 Å². The van der Waals surface area contributed by atoms with E-state index in [-0.39, 0.29) is 11.9 Å². The van der Waals surface area contributed by atoms with Crippen LogP contribution >= 0.6 is 0 Å².